The highest BCUT2D eigenvalue weighted by Crippen LogP contribution is 2.44. The molecule has 1 aliphatic rings. The molecule has 0 aliphatic carbocycles. The number of hydrogen-bond donors (Lipinski definition) is 1. The summed E-state index contributed by atoms with van der Waals surface area (Å²) >= 11 is 0. The highest BCUT2D eigenvalue weighted by molar-refractivity contribution is 5.90. The number of aromatic hydroxyl groups is 1. The molecule has 0 spiro atoms. The molecule has 0 fully saturated rings. The monoisotopic (exact) mass is 484 g/mol. The fourth-order valence-electron chi connectivity index (χ4n) is 4.40. The predicted molar refractivity (Wildman–Crippen MR) is 135 cm³/mol. The average Bonchev–Trinajstić information content (AvgIpc) is 2.87. The summed E-state index contributed by atoms with van der Waals surface area (Å²) in [5.41, 5.74) is 3.40. The number of carbonyl (C=O) groups is 1. The van der Waals surface area contributed by atoms with Crippen LogP contribution in [0.15, 0.2) is 82.2 Å². The van der Waals surface area contributed by atoms with Gasteiger partial charge in [-0.2, -0.15) is 0 Å². The van der Waals surface area contributed by atoms with Crippen molar-refractivity contribution in [2.75, 3.05) is 13.7 Å². The molecule has 0 radical (unpaired) electrons. The first-order valence-corrected chi connectivity index (χ1v) is 11.4. The van der Waals surface area contributed by atoms with Gasteiger partial charge in [-0.1, -0.05) is 24.8 Å². The average molecular weight is 485 g/mol. The Morgan fingerprint density at radius 1 is 1.08 bits per heavy atom. The van der Waals surface area contributed by atoms with Gasteiger partial charge < -0.3 is 23.7 Å². The van der Waals surface area contributed by atoms with Crippen LogP contribution in [-0.4, -0.2) is 24.8 Å². The summed E-state index contributed by atoms with van der Waals surface area (Å²) < 4.78 is 22.9. The van der Waals surface area contributed by atoms with Gasteiger partial charge >= 0.3 is 5.97 Å². The van der Waals surface area contributed by atoms with E-state index in [0.29, 0.717) is 51.5 Å². The second-order valence-electron chi connectivity index (χ2n) is 8.77. The summed E-state index contributed by atoms with van der Waals surface area (Å²) in [4.78, 5) is 25.9. The van der Waals surface area contributed by atoms with Crippen molar-refractivity contribution in [3.8, 4) is 34.1 Å². The van der Waals surface area contributed by atoms with Crippen LogP contribution in [0.1, 0.15) is 30.4 Å². The maximum absolute atomic E-state index is 13.4. The van der Waals surface area contributed by atoms with Crippen LogP contribution in [0.2, 0.25) is 0 Å². The molecule has 7 nitrogen and oxygen atoms in total. The molecule has 0 bridgehead atoms. The van der Waals surface area contributed by atoms with Gasteiger partial charge in [-0.25, -0.2) is 0 Å². The molecule has 1 N–H and O–H groups in total. The molecule has 1 aliphatic heterocycles. The van der Waals surface area contributed by atoms with E-state index in [0.717, 1.165) is 11.1 Å². The zero-order chi connectivity index (χ0) is 25.4. The van der Waals surface area contributed by atoms with Crippen LogP contribution >= 0.6 is 0 Å². The molecule has 4 aromatic rings. The minimum Gasteiger partial charge on any atom is -0.508 e. The van der Waals surface area contributed by atoms with Gasteiger partial charge in [0, 0.05) is 11.5 Å². The first kappa shape index (κ1) is 23.2. The quantitative estimate of drug-likeness (QED) is 0.217. The molecule has 0 unspecified atom stereocenters. The molecule has 5 rings (SSSR count). The topological polar surface area (TPSA) is 95.2 Å². The van der Waals surface area contributed by atoms with Gasteiger partial charge in [0.05, 0.1) is 24.5 Å². The van der Waals surface area contributed by atoms with E-state index in [9.17, 15) is 14.7 Å². The van der Waals surface area contributed by atoms with E-state index in [1.165, 1.54) is 18.4 Å². The summed E-state index contributed by atoms with van der Waals surface area (Å²) in [6.07, 6.45) is 1.47. The second kappa shape index (κ2) is 9.26. The van der Waals surface area contributed by atoms with Crippen molar-refractivity contribution >= 4 is 16.9 Å². The first-order chi connectivity index (χ1) is 17.4. The Balaban J connectivity index is 1.65. The number of ether oxygens (including phenoxy) is 3. The third kappa shape index (κ3) is 4.20. The third-order valence-corrected chi connectivity index (χ3v) is 6.13. The fraction of sp³-hybridized carbons (Fsp3) is 0.172. The minimum atomic E-state index is -0.425. The van der Waals surface area contributed by atoms with Crippen LogP contribution in [0.25, 0.3) is 22.1 Å². The summed E-state index contributed by atoms with van der Waals surface area (Å²) in [6.45, 7) is 6.06. The molecule has 0 amide bonds. The van der Waals surface area contributed by atoms with E-state index in [1.54, 1.807) is 37.4 Å². The highest BCUT2D eigenvalue weighted by atomic mass is 16.5. The van der Waals surface area contributed by atoms with E-state index >= 15 is 0 Å². The van der Waals surface area contributed by atoms with Gasteiger partial charge in [-0.15, -0.1) is 0 Å². The Labute approximate surface area is 207 Å². The number of esters is 1. The zero-order valence-corrected chi connectivity index (χ0v) is 19.9. The number of phenolic OH excluding ortho intramolecular Hbond substituents is 1. The van der Waals surface area contributed by atoms with E-state index in [1.807, 2.05) is 19.1 Å². The third-order valence-electron chi connectivity index (χ3n) is 6.13. The van der Waals surface area contributed by atoms with Crippen molar-refractivity contribution in [1.29, 1.82) is 0 Å². The van der Waals surface area contributed by atoms with E-state index in [-0.39, 0.29) is 23.6 Å². The maximum Gasteiger partial charge on any atom is 0.312 e. The molecule has 3 aromatic carbocycles. The maximum atomic E-state index is 13.4. The van der Waals surface area contributed by atoms with Crippen LogP contribution in [0.3, 0.4) is 0 Å². The molecule has 0 saturated heterocycles. The number of rotatable bonds is 6. The van der Waals surface area contributed by atoms with Crippen molar-refractivity contribution in [2.24, 2.45) is 0 Å². The molecule has 0 saturated carbocycles. The van der Waals surface area contributed by atoms with Crippen LogP contribution in [-0.2, 0) is 4.79 Å². The van der Waals surface area contributed by atoms with E-state index in [4.69, 9.17) is 18.6 Å². The standard InChI is InChI=1S/C29H24O7/c1-16(2)14-34-25-12-18(6-10-23(25)33-3)21-13-26(31)36-24-11-9-20-28(32)22(15-35-29(20)27(21)24)17-4-7-19(30)8-5-17/h4-12,15,21,30H,1,13-14H2,2-3H3/t21-/m0/s1. The Morgan fingerprint density at radius 2 is 1.86 bits per heavy atom. The van der Waals surface area contributed by atoms with Crippen molar-refractivity contribution < 1.29 is 28.5 Å². The molecule has 2 heterocycles. The first-order valence-electron chi connectivity index (χ1n) is 11.4. The van der Waals surface area contributed by atoms with Crippen molar-refractivity contribution in [3.63, 3.8) is 0 Å². The zero-order valence-electron chi connectivity index (χ0n) is 19.9. The van der Waals surface area contributed by atoms with E-state index in [2.05, 4.69) is 6.58 Å². The number of methoxy groups -OCH3 is 1. The summed E-state index contributed by atoms with van der Waals surface area (Å²) in [6, 6.07) is 15.0. The smallest absolute Gasteiger partial charge is 0.312 e. The number of carbonyl (C=O) groups excluding carboxylic acids is 1. The lowest BCUT2D eigenvalue weighted by atomic mass is 9.85. The summed E-state index contributed by atoms with van der Waals surface area (Å²) in [5, 5.41) is 9.95. The lowest BCUT2D eigenvalue weighted by molar-refractivity contribution is -0.135. The lowest BCUT2D eigenvalue weighted by Gasteiger charge is -2.26. The molecule has 7 heteroatoms. The van der Waals surface area contributed by atoms with Crippen molar-refractivity contribution in [2.45, 2.75) is 19.3 Å². The lowest BCUT2D eigenvalue weighted by Crippen LogP contribution is -2.22. The number of fused-ring (bicyclic) bond motifs is 3. The fourth-order valence-corrected chi connectivity index (χ4v) is 4.40. The second-order valence-corrected chi connectivity index (χ2v) is 8.77. The van der Waals surface area contributed by atoms with Crippen LogP contribution < -0.4 is 19.6 Å². The van der Waals surface area contributed by atoms with Gasteiger partial charge in [0.1, 0.15) is 30.0 Å². The van der Waals surface area contributed by atoms with Gasteiger partial charge in [0.2, 0.25) is 5.43 Å². The Kier molecular flexibility index (Phi) is 5.98. The van der Waals surface area contributed by atoms with Gasteiger partial charge in [-0.3, -0.25) is 9.59 Å². The van der Waals surface area contributed by atoms with Gasteiger partial charge in [0.15, 0.2) is 11.5 Å². The molecular formula is C29H24O7. The summed E-state index contributed by atoms with van der Waals surface area (Å²) in [7, 11) is 1.56. The van der Waals surface area contributed by atoms with Crippen LogP contribution in [0.5, 0.6) is 23.0 Å². The Morgan fingerprint density at radius 3 is 2.58 bits per heavy atom. The number of benzene rings is 3. The largest absolute Gasteiger partial charge is 0.508 e. The Bertz CT molecular complexity index is 1550. The normalized spacial score (nSPS) is 14.7. The molecule has 1 aromatic heterocycles. The van der Waals surface area contributed by atoms with Gasteiger partial charge in [-0.05, 0) is 60.0 Å². The Hall–Kier alpha value is -4.52. The van der Waals surface area contributed by atoms with Crippen molar-refractivity contribution in [1.82, 2.24) is 0 Å². The molecule has 1 atom stereocenters. The predicted octanol–water partition coefficient (Wildman–Crippen LogP) is 5.57. The van der Waals surface area contributed by atoms with Crippen molar-refractivity contribution in [3.05, 3.63) is 94.4 Å². The molecule has 36 heavy (non-hydrogen) atoms. The molecular weight excluding hydrogens is 460 g/mol. The molecule has 182 valence electrons. The number of phenols is 1. The number of hydrogen-bond acceptors (Lipinski definition) is 7. The minimum absolute atomic E-state index is 0.0712. The van der Waals surface area contributed by atoms with Gasteiger partial charge in [0.25, 0.3) is 0 Å². The summed E-state index contributed by atoms with van der Waals surface area (Å²) in [5.74, 6) is 0.732. The SMILES string of the molecule is C=C(C)COc1cc([C@@H]2CC(=O)Oc3ccc4c(=O)c(-c5ccc(O)cc5)coc4c32)ccc1OC. The highest BCUT2D eigenvalue weighted by Gasteiger charge is 2.32. The van der Waals surface area contributed by atoms with Crippen LogP contribution in [0, 0.1) is 0 Å². The van der Waals surface area contributed by atoms with Crippen LogP contribution in [0.4, 0.5) is 0 Å². The van der Waals surface area contributed by atoms with E-state index < -0.39 is 5.92 Å².